The maximum Gasteiger partial charge on any atom is 0.315 e. The van der Waals surface area contributed by atoms with Gasteiger partial charge in [-0.05, 0) is 49.2 Å². The molecule has 0 fully saturated rings. The molecule has 2 aromatic carbocycles. The molecule has 1 atom stereocenters. The van der Waals surface area contributed by atoms with Gasteiger partial charge in [-0.15, -0.1) is 0 Å². The van der Waals surface area contributed by atoms with Crippen LogP contribution in [0.3, 0.4) is 0 Å². The molecule has 2 N–H and O–H groups in total. The minimum absolute atomic E-state index is 0.0770. The summed E-state index contributed by atoms with van der Waals surface area (Å²) in [5.41, 5.74) is 3.24. The average Bonchev–Trinajstić information content (AvgIpc) is 2.61. The van der Waals surface area contributed by atoms with Crippen LogP contribution in [0.2, 0.25) is 0 Å². The maximum absolute atomic E-state index is 12.1. The fourth-order valence-electron chi connectivity index (χ4n) is 2.44. The van der Waals surface area contributed by atoms with Crippen LogP contribution in [-0.4, -0.2) is 26.7 Å². The summed E-state index contributed by atoms with van der Waals surface area (Å²) < 4.78 is 5.43. The van der Waals surface area contributed by atoms with E-state index in [1.807, 2.05) is 81.4 Å². The van der Waals surface area contributed by atoms with Gasteiger partial charge in [0.1, 0.15) is 5.75 Å². The maximum atomic E-state index is 12.1. The molecule has 0 spiro atoms. The molecule has 0 saturated heterocycles. The Kier molecular flexibility index (Phi) is 6.69. The summed E-state index contributed by atoms with van der Waals surface area (Å²) in [6.45, 7) is 5.05. The lowest BCUT2D eigenvalue weighted by atomic mass is 10.1. The molecule has 0 heterocycles. The number of ether oxygens (including phenoxy) is 1. The highest BCUT2D eigenvalue weighted by molar-refractivity contribution is 5.74. The van der Waals surface area contributed by atoms with E-state index in [-0.39, 0.29) is 12.1 Å². The van der Waals surface area contributed by atoms with Gasteiger partial charge < -0.3 is 20.3 Å². The van der Waals surface area contributed by atoms with Gasteiger partial charge in [-0.2, -0.15) is 0 Å². The number of anilines is 1. The van der Waals surface area contributed by atoms with Gasteiger partial charge in [-0.25, -0.2) is 4.79 Å². The Morgan fingerprint density at radius 1 is 1.08 bits per heavy atom. The third-order valence-corrected chi connectivity index (χ3v) is 3.94. The lowest BCUT2D eigenvalue weighted by molar-refractivity contribution is 0.237. The van der Waals surface area contributed by atoms with Crippen molar-refractivity contribution < 1.29 is 9.53 Å². The first-order valence-corrected chi connectivity index (χ1v) is 8.53. The molecule has 0 saturated carbocycles. The summed E-state index contributed by atoms with van der Waals surface area (Å²) in [7, 11) is 4.01. The normalized spacial score (nSPS) is 11.5. The molecule has 25 heavy (non-hydrogen) atoms. The van der Waals surface area contributed by atoms with E-state index in [9.17, 15) is 4.79 Å². The smallest absolute Gasteiger partial charge is 0.315 e. The first-order valence-electron chi connectivity index (χ1n) is 8.53. The Hall–Kier alpha value is -2.69. The van der Waals surface area contributed by atoms with E-state index in [1.54, 1.807) is 0 Å². The summed E-state index contributed by atoms with van der Waals surface area (Å²) in [6.07, 6.45) is 0. The summed E-state index contributed by atoms with van der Waals surface area (Å²) in [6, 6.07) is 15.6. The number of carbonyl (C=O) groups is 1. The van der Waals surface area contributed by atoms with Gasteiger partial charge in [0.25, 0.3) is 0 Å². The van der Waals surface area contributed by atoms with Crippen LogP contribution in [0.25, 0.3) is 0 Å². The second kappa shape index (κ2) is 8.97. The van der Waals surface area contributed by atoms with Crippen molar-refractivity contribution in [1.82, 2.24) is 10.6 Å². The van der Waals surface area contributed by atoms with E-state index in [0.717, 1.165) is 22.6 Å². The fraction of sp³-hybridized carbons (Fsp3) is 0.350. The first kappa shape index (κ1) is 18.6. The minimum atomic E-state index is -0.182. The third-order valence-electron chi connectivity index (χ3n) is 3.94. The number of rotatable bonds is 7. The lowest BCUT2D eigenvalue weighted by Crippen LogP contribution is -2.36. The molecule has 134 valence electrons. The molecule has 0 aromatic heterocycles. The van der Waals surface area contributed by atoms with Crippen molar-refractivity contribution >= 4 is 11.7 Å². The van der Waals surface area contributed by atoms with Crippen molar-refractivity contribution in [2.45, 2.75) is 26.4 Å². The van der Waals surface area contributed by atoms with E-state index < -0.39 is 0 Å². The number of benzene rings is 2. The van der Waals surface area contributed by atoms with Gasteiger partial charge in [0.05, 0.1) is 12.6 Å². The minimum Gasteiger partial charge on any atom is -0.494 e. The zero-order chi connectivity index (χ0) is 18.2. The average molecular weight is 341 g/mol. The van der Waals surface area contributed by atoms with Crippen molar-refractivity contribution in [3.63, 3.8) is 0 Å². The van der Waals surface area contributed by atoms with Gasteiger partial charge in [0.2, 0.25) is 0 Å². The van der Waals surface area contributed by atoms with Gasteiger partial charge >= 0.3 is 6.03 Å². The quantitative estimate of drug-likeness (QED) is 0.807. The van der Waals surface area contributed by atoms with Crippen molar-refractivity contribution in [2.24, 2.45) is 0 Å². The van der Waals surface area contributed by atoms with E-state index in [0.29, 0.717) is 13.2 Å². The van der Waals surface area contributed by atoms with Gasteiger partial charge in [0.15, 0.2) is 0 Å². The molecule has 0 aliphatic carbocycles. The third kappa shape index (κ3) is 5.71. The highest BCUT2D eigenvalue weighted by Crippen LogP contribution is 2.17. The SMILES string of the molecule is CCOc1ccc(C(C)NC(=O)NCc2ccc(N(C)C)cc2)cc1. The Bertz CT molecular complexity index is 666. The number of hydrogen-bond donors (Lipinski definition) is 2. The fourth-order valence-corrected chi connectivity index (χ4v) is 2.44. The number of carbonyl (C=O) groups excluding carboxylic acids is 1. The summed E-state index contributed by atoms with van der Waals surface area (Å²) >= 11 is 0. The summed E-state index contributed by atoms with van der Waals surface area (Å²) in [5, 5.41) is 5.84. The van der Waals surface area contributed by atoms with Crippen molar-refractivity contribution in [3.8, 4) is 5.75 Å². The highest BCUT2D eigenvalue weighted by atomic mass is 16.5. The Morgan fingerprint density at radius 2 is 1.72 bits per heavy atom. The van der Waals surface area contributed by atoms with Crippen molar-refractivity contribution in [3.05, 3.63) is 59.7 Å². The van der Waals surface area contributed by atoms with Crippen LogP contribution in [0.15, 0.2) is 48.5 Å². The monoisotopic (exact) mass is 341 g/mol. The predicted octanol–water partition coefficient (Wildman–Crippen LogP) is 3.71. The van der Waals surface area contributed by atoms with E-state index in [2.05, 4.69) is 10.6 Å². The Balaban J connectivity index is 1.82. The molecule has 5 heteroatoms. The standard InChI is InChI=1S/C20H27N3O2/c1-5-25-19-12-8-17(9-13-19)15(2)22-20(24)21-14-16-6-10-18(11-7-16)23(3)4/h6-13,15H,5,14H2,1-4H3,(H2,21,22,24). The largest absolute Gasteiger partial charge is 0.494 e. The first-order chi connectivity index (χ1) is 12.0. The van der Waals surface area contributed by atoms with Crippen LogP contribution < -0.4 is 20.3 Å². The molecule has 2 rings (SSSR count). The molecule has 0 aliphatic rings. The van der Waals surface area contributed by atoms with E-state index in [4.69, 9.17) is 4.74 Å². The molecule has 0 bridgehead atoms. The summed E-state index contributed by atoms with van der Waals surface area (Å²) in [5.74, 6) is 0.837. The van der Waals surface area contributed by atoms with Crippen LogP contribution in [0.5, 0.6) is 5.75 Å². The molecule has 1 unspecified atom stereocenters. The molecule has 5 nitrogen and oxygen atoms in total. The van der Waals surface area contributed by atoms with Crippen molar-refractivity contribution in [2.75, 3.05) is 25.6 Å². The van der Waals surface area contributed by atoms with Crippen molar-refractivity contribution in [1.29, 1.82) is 0 Å². The second-order valence-electron chi connectivity index (χ2n) is 6.11. The van der Waals surface area contributed by atoms with Crippen LogP contribution in [-0.2, 0) is 6.54 Å². The van der Waals surface area contributed by atoms with Crippen LogP contribution in [0.1, 0.15) is 31.0 Å². The predicted molar refractivity (Wildman–Crippen MR) is 102 cm³/mol. The second-order valence-corrected chi connectivity index (χ2v) is 6.11. The van der Waals surface area contributed by atoms with E-state index >= 15 is 0 Å². The number of urea groups is 1. The topological polar surface area (TPSA) is 53.6 Å². The number of nitrogens with zero attached hydrogens (tertiary/aromatic N) is 1. The lowest BCUT2D eigenvalue weighted by Gasteiger charge is -2.16. The number of hydrogen-bond acceptors (Lipinski definition) is 3. The summed E-state index contributed by atoms with van der Waals surface area (Å²) in [4.78, 5) is 14.1. The van der Waals surface area contributed by atoms with E-state index in [1.165, 1.54) is 0 Å². The van der Waals surface area contributed by atoms with Crippen LogP contribution >= 0.6 is 0 Å². The molecule has 2 amide bonds. The number of nitrogens with one attached hydrogen (secondary N) is 2. The zero-order valence-electron chi connectivity index (χ0n) is 15.4. The van der Waals surface area contributed by atoms with Crippen LogP contribution in [0, 0.1) is 0 Å². The highest BCUT2D eigenvalue weighted by Gasteiger charge is 2.09. The molecular formula is C20H27N3O2. The molecule has 0 aliphatic heterocycles. The zero-order valence-corrected chi connectivity index (χ0v) is 15.4. The Labute approximate surface area is 150 Å². The molecular weight excluding hydrogens is 314 g/mol. The van der Waals surface area contributed by atoms with Crippen LogP contribution in [0.4, 0.5) is 10.5 Å². The number of amides is 2. The van der Waals surface area contributed by atoms with Gasteiger partial charge in [0, 0.05) is 26.3 Å². The Morgan fingerprint density at radius 3 is 2.28 bits per heavy atom. The van der Waals surface area contributed by atoms with Gasteiger partial charge in [-0.1, -0.05) is 24.3 Å². The van der Waals surface area contributed by atoms with Gasteiger partial charge in [-0.3, -0.25) is 0 Å². The molecule has 2 aromatic rings. The molecule has 0 radical (unpaired) electrons.